The van der Waals surface area contributed by atoms with E-state index in [9.17, 15) is 5.11 Å². The summed E-state index contributed by atoms with van der Waals surface area (Å²) in [5.74, 6) is 0.565. The molecule has 1 nitrogen and oxygen atoms in total. The predicted octanol–water partition coefficient (Wildman–Crippen LogP) is 2.19. The largest absolute Gasteiger partial charge is 0.393 e. The SMILES string of the molecule is CC(O)C1CCC(C)(C)C1. The van der Waals surface area contributed by atoms with Gasteiger partial charge >= 0.3 is 0 Å². The standard InChI is InChI=1S/C9H18O/c1-7(10)8-4-5-9(2,3)6-8/h7-8,10H,4-6H2,1-3H3. The van der Waals surface area contributed by atoms with Crippen LogP contribution in [0.2, 0.25) is 0 Å². The minimum atomic E-state index is -0.0956. The molecule has 1 aliphatic rings. The number of aliphatic hydroxyl groups excluding tert-OH is 1. The molecule has 1 N–H and O–H groups in total. The Morgan fingerprint density at radius 2 is 2.10 bits per heavy atom. The van der Waals surface area contributed by atoms with Crippen molar-refractivity contribution in [2.24, 2.45) is 11.3 Å². The van der Waals surface area contributed by atoms with Crippen LogP contribution in [0.4, 0.5) is 0 Å². The van der Waals surface area contributed by atoms with Crippen LogP contribution in [-0.4, -0.2) is 11.2 Å². The Kier molecular flexibility index (Phi) is 2.04. The zero-order valence-corrected chi connectivity index (χ0v) is 7.22. The lowest BCUT2D eigenvalue weighted by atomic mass is 9.89. The third-order valence-electron chi connectivity index (χ3n) is 2.69. The van der Waals surface area contributed by atoms with Crippen molar-refractivity contribution in [1.29, 1.82) is 0 Å². The van der Waals surface area contributed by atoms with Gasteiger partial charge in [-0.25, -0.2) is 0 Å². The average Bonchev–Trinajstić information content (AvgIpc) is 2.10. The molecule has 1 fully saturated rings. The second-order valence-corrected chi connectivity index (χ2v) is 4.41. The summed E-state index contributed by atoms with van der Waals surface area (Å²) in [7, 11) is 0. The van der Waals surface area contributed by atoms with Crippen LogP contribution in [-0.2, 0) is 0 Å². The molecule has 1 saturated carbocycles. The normalized spacial score (nSPS) is 34.2. The van der Waals surface area contributed by atoms with E-state index in [2.05, 4.69) is 13.8 Å². The zero-order valence-electron chi connectivity index (χ0n) is 7.22. The van der Waals surface area contributed by atoms with E-state index in [-0.39, 0.29) is 6.10 Å². The monoisotopic (exact) mass is 142 g/mol. The molecule has 0 amide bonds. The van der Waals surface area contributed by atoms with Crippen molar-refractivity contribution in [1.82, 2.24) is 0 Å². The van der Waals surface area contributed by atoms with Gasteiger partial charge in [-0.3, -0.25) is 0 Å². The van der Waals surface area contributed by atoms with Crippen LogP contribution in [0.15, 0.2) is 0 Å². The van der Waals surface area contributed by atoms with E-state index in [0.29, 0.717) is 11.3 Å². The third kappa shape index (κ3) is 1.72. The predicted molar refractivity (Wildman–Crippen MR) is 42.8 cm³/mol. The second-order valence-electron chi connectivity index (χ2n) is 4.41. The van der Waals surface area contributed by atoms with Gasteiger partial charge in [0.05, 0.1) is 6.10 Å². The van der Waals surface area contributed by atoms with Gasteiger partial charge in [0.15, 0.2) is 0 Å². The molecule has 0 aliphatic heterocycles. The van der Waals surface area contributed by atoms with Gasteiger partial charge < -0.3 is 5.11 Å². The van der Waals surface area contributed by atoms with Crippen LogP contribution in [0.1, 0.15) is 40.0 Å². The van der Waals surface area contributed by atoms with E-state index in [4.69, 9.17) is 0 Å². The summed E-state index contributed by atoms with van der Waals surface area (Å²) in [5.41, 5.74) is 0.488. The molecule has 0 aromatic heterocycles. The molecule has 0 bridgehead atoms. The molecule has 2 atom stereocenters. The molecule has 0 radical (unpaired) electrons. The van der Waals surface area contributed by atoms with Crippen molar-refractivity contribution in [2.45, 2.75) is 46.1 Å². The smallest absolute Gasteiger partial charge is 0.0540 e. The summed E-state index contributed by atoms with van der Waals surface area (Å²) in [6.07, 6.45) is 3.60. The summed E-state index contributed by atoms with van der Waals surface area (Å²) in [6.45, 7) is 6.48. The molecule has 1 aliphatic carbocycles. The van der Waals surface area contributed by atoms with Gasteiger partial charge in [0.1, 0.15) is 0 Å². The lowest BCUT2D eigenvalue weighted by Gasteiger charge is -2.18. The highest BCUT2D eigenvalue weighted by atomic mass is 16.3. The van der Waals surface area contributed by atoms with Gasteiger partial charge in [-0.05, 0) is 37.5 Å². The fraction of sp³-hybridized carbons (Fsp3) is 1.00. The number of hydrogen-bond acceptors (Lipinski definition) is 1. The minimum Gasteiger partial charge on any atom is -0.393 e. The van der Waals surface area contributed by atoms with Crippen LogP contribution in [0.3, 0.4) is 0 Å². The first-order chi connectivity index (χ1) is 4.51. The lowest BCUT2D eigenvalue weighted by Crippen LogP contribution is -2.15. The Hall–Kier alpha value is -0.0400. The maximum absolute atomic E-state index is 9.28. The molecule has 10 heavy (non-hydrogen) atoms. The highest BCUT2D eigenvalue weighted by Crippen LogP contribution is 2.42. The van der Waals surface area contributed by atoms with Gasteiger partial charge in [-0.2, -0.15) is 0 Å². The second kappa shape index (κ2) is 2.54. The molecule has 0 spiro atoms. The first-order valence-electron chi connectivity index (χ1n) is 4.19. The maximum atomic E-state index is 9.28. The van der Waals surface area contributed by atoms with Gasteiger partial charge in [0, 0.05) is 0 Å². The molecule has 60 valence electrons. The molecule has 1 heteroatoms. The van der Waals surface area contributed by atoms with Crippen LogP contribution in [0.5, 0.6) is 0 Å². The Balaban J connectivity index is 2.43. The van der Waals surface area contributed by atoms with E-state index in [1.165, 1.54) is 19.3 Å². The highest BCUT2D eigenvalue weighted by molar-refractivity contribution is 4.84. The van der Waals surface area contributed by atoms with E-state index in [1.807, 2.05) is 6.92 Å². The Morgan fingerprint density at radius 1 is 1.50 bits per heavy atom. The summed E-state index contributed by atoms with van der Waals surface area (Å²) in [4.78, 5) is 0. The van der Waals surface area contributed by atoms with Gasteiger partial charge in [-0.15, -0.1) is 0 Å². The maximum Gasteiger partial charge on any atom is 0.0540 e. The van der Waals surface area contributed by atoms with E-state index in [1.54, 1.807) is 0 Å². The number of rotatable bonds is 1. The third-order valence-corrected chi connectivity index (χ3v) is 2.69. The van der Waals surface area contributed by atoms with Crippen molar-refractivity contribution >= 4 is 0 Å². The Labute approximate surface area is 63.4 Å². The average molecular weight is 142 g/mol. The van der Waals surface area contributed by atoms with Crippen molar-refractivity contribution in [2.75, 3.05) is 0 Å². The molecular formula is C9H18O. The fourth-order valence-corrected chi connectivity index (χ4v) is 1.90. The first kappa shape index (κ1) is 8.06. The molecule has 2 unspecified atom stereocenters. The molecule has 1 rings (SSSR count). The highest BCUT2D eigenvalue weighted by Gasteiger charge is 2.32. The van der Waals surface area contributed by atoms with Crippen LogP contribution < -0.4 is 0 Å². The van der Waals surface area contributed by atoms with Crippen molar-refractivity contribution in [3.05, 3.63) is 0 Å². The van der Waals surface area contributed by atoms with Gasteiger partial charge in [-0.1, -0.05) is 13.8 Å². The lowest BCUT2D eigenvalue weighted by molar-refractivity contribution is 0.122. The summed E-state index contributed by atoms with van der Waals surface area (Å²) in [6, 6.07) is 0. The minimum absolute atomic E-state index is 0.0956. The number of hydrogen-bond donors (Lipinski definition) is 1. The molecule has 0 aromatic rings. The quantitative estimate of drug-likeness (QED) is 0.595. The zero-order chi connectivity index (χ0) is 7.78. The van der Waals surface area contributed by atoms with Crippen LogP contribution in [0, 0.1) is 11.3 Å². The van der Waals surface area contributed by atoms with Crippen LogP contribution >= 0.6 is 0 Å². The molecule has 0 aromatic carbocycles. The topological polar surface area (TPSA) is 20.2 Å². The fourth-order valence-electron chi connectivity index (χ4n) is 1.90. The Bertz CT molecular complexity index is 116. The van der Waals surface area contributed by atoms with Crippen molar-refractivity contribution < 1.29 is 5.11 Å². The van der Waals surface area contributed by atoms with E-state index < -0.39 is 0 Å². The first-order valence-corrected chi connectivity index (χ1v) is 4.19. The number of aliphatic hydroxyl groups is 1. The summed E-state index contributed by atoms with van der Waals surface area (Å²) >= 11 is 0. The van der Waals surface area contributed by atoms with E-state index in [0.717, 1.165) is 0 Å². The van der Waals surface area contributed by atoms with Crippen LogP contribution in [0.25, 0.3) is 0 Å². The summed E-state index contributed by atoms with van der Waals surface area (Å²) < 4.78 is 0. The molecule has 0 saturated heterocycles. The molecular weight excluding hydrogens is 124 g/mol. The van der Waals surface area contributed by atoms with Crippen molar-refractivity contribution in [3.8, 4) is 0 Å². The van der Waals surface area contributed by atoms with Gasteiger partial charge in [0.2, 0.25) is 0 Å². The van der Waals surface area contributed by atoms with Crippen molar-refractivity contribution in [3.63, 3.8) is 0 Å². The summed E-state index contributed by atoms with van der Waals surface area (Å²) in [5, 5.41) is 9.28. The Morgan fingerprint density at radius 3 is 2.30 bits per heavy atom. The van der Waals surface area contributed by atoms with Gasteiger partial charge in [0.25, 0.3) is 0 Å². The molecule has 0 heterocycles. The van der Waals surface area contributed by atoms with E-state index >= 15 is 0 Å².